The minimum Gasteiger partial charge on any atom is -0.205 e. The molecule has 2 aromatic rings. The molecule has 0 aliphatic heterocycles. The molecule has 17 heavy (non-hydrogen) atoms. The first kappa shape index (κ1) is 12.6. The van der Waals surface area contributed by atoms with Crippen LogP contribution in [0.1, 0.15) is 16.5 Å². The second-order valence-corrected chi connectivity index (χ2v) is 5.18. The monoisotopic (exact) mass is 312 g/mol. The molecule has 0 heterocycles. The van der Waals surface area contributed by atoms with Crippen molar-refractivity contribution in [2.45, 2.75) is 11.8 Å². The normalized spacial score (nSPS) is 12.4. The zero-order valence-corrected chi connectivity index (χ0v) is 11.4. The summed E-state index contributed by atoms with van der Waals surface area (Å²) >= 11 is 9.42. The van der Waals surface area contributed by atoms with E-state index in [1.54, 1.807) is 18.2 Å². The Labute approximate surface area is 114 Å². The third-order valence-corrected chi connectivity index (χ3v) is 3.58. The fourth-order valence-electron chi connectivity index (χ4n) is 1.69. The van der Waals surface area contributed by atoms with Crippen LogP contribution in [-0.4, -0.2) is 0 Å². The quantitative estimate of drug-likeness (QED) is 0.691. The standard InChI is InChI=1S/C14H11BrClF/c15-12-8-4-7-11(14(12)17)13(16)9-10-5-2-1-3-6-10/h1-8,13H,9H2. The van der Waals surface area contributed by atoms with E-state index >= 15 is 0 Å². The van der Waals surface area contributed by atoms with Crippen molar-refractivity contribution in [3.63, 3.8) is 0 Å². The van der Waals surface area contributed by atoms with E-state index < -0.39 is 0 Å². The first-order valence-electron chi connectivity index (χ1n) is 5.30. The number of benzene rings is 2. The van der Waals surface area contributed by atoms with Gasteiger partial charge in [-0.1, -0.05) is 42.5 Å². The van der Waals surface area contributed by atoms with Crippen LogP contribution >= 0.6 is 27.5 Å². The van der Waals surface area contributed by atoms with E-state index in [-0.39, 0.29) is 11.2 Å². The van der Waals surface area contributed by atoms with E-state index in [1.807, 2.05) is 30.3 Å². The Morgan fingerprint density at radius 2 is 1.76 bits per heavy atom. The topological polar surface area (TPSA) is 0 Å². The van der Waals surface area contributed by atoms with Crippen LogP contribution in [0.25, 0.3) is 0 Å². The summed E-state index contributed by atoms with van der Waals surface area (Å²) < 4.78 is 14.3. The van der Waals surface area contributed by atoms with Crippen LogP contribution in [0.2, 0.25) is 0 Å². The van der Waals surface area contributed by atoms with Crippen LogP contribution in [0.15, 0.2) is 53.0 Å². The van der Waals surface area contributed by atoms with Gasteiger partial charge in [0.15, 0.2) is 0 Å². The maximum absolute atomic E-state index is 13.8. The second kappa shape index (κ2) is 5.65. The lowest BCUT2D eigenvalue weighted by atomic mass is 10.0. The van der Waals surface area contributed by atoms with Crippen LogP contribution < -0.4 is 0 Å². The second-order valence-electron chi connectivity index (χ2n) is 3.80. The van der Waals surface area contributed by atoms with Crippen molar-refractivity contribution in [3.05, 3.63) is 69.9 Å². The smallest absolute Gasteiger partial charge is 0.142 e. The van der Waals surface area contributed by atoms with Gasteiger partial charge in [0.2, 0.25) is 0 Å². The highest BCUT2D eigenvalue weighted by molar-refractivity contribution is 9.10. The molecule has 2 aromatic carbocycles. The molecule has 0 aliphatic carbocycles. The van der Waals surface area contributed by atoms with Gasteiger partial charge in [-0.25, -0.2) is 4.39 Å². The Balaban J connectivity index is 2.20. The number of hydrogen-bond acceptors (Lipinski definition) is 0. The van der Waals surface area contributed by atoms with Gasteiger partial charge in [0, 0.05) is 5.56 Å². The fraction of sp³-hybridized carbons (Fsp3) is 0.143. The average Bonchev–Trinajstić information content (AvgIpc) is 2.34. The highest BCUT2D eigenvalue weighted by Crippen LogP contribution is 2.30. The molecule has 2 rings (SSSR count). The highest BCUT2D eigenvalue weighted by Gasteiger charge is 2.15. The van der Waals surface area contributed by atoms with Gasteiger partial charge in [0.25, 0.3) is 0 Å². The van der Waals surface area contributed by atoms with Crippen molar-refractivity contribution in [2.24, 2.45) is 0 Å². The molecule has 0 aromatic heterocycles. The van der Waals surface area contributed by atoms with Crippen LogP contribution in [-0.2, 0) is 6.42 Å². The number of alkyl halides is 1. The van der Waals surface area contributed by atoms with Gasteiger partial charge in [-0.2, -0.15) is 0 Å². The third-order valence-electron chi connectivity index (χ3n) is 2.58. The summed E-state index contributed by atoms with van der Waals surface area (Å²) in [6, 6.07) is 15.0. The Bertz CT molecular complexity index is 499. The number of halogens is 3. The van der Waals surface area contributed by atoms with Crippen molar-refractivity contribution in [2.75, 3.05) is 0 Å². The lowest BCUT2D eigenvalue weighted by Crippen LogP contribution is -1.99. The molecule has 0 saturated carbocycles. The van der Waals surface area contributed by atoms with Crippen LogP contribution in [0, 0.1) is 5.82 Å². The molecule has 0 radical (unpaired) electrons. The summed E-state index contributed by atoms with van der Waals surface area (Å²) in [5.41, 5.74) is 1.64. The highest BCUT2D eigenvalue weighted by atomic mass is 79.9. The summed E-state index contributed by atoms with van der Waals surface area (Å²) in [6.45, 7) is 0. The van der Waals surface area contributed by atoms with Gasteiger partial charge in [-0.05, 0) is 34.0 Å². The van der Waals surface area contributed by atoms with E-state index in [4.69, 9.17) is 11.6 Å². The Hall–Kier alpha value is -0.860. The minimum atomic E-state index is -0.352. The molecule has 0 amide bonds. The summed E-state index contributed by atoms with van der Waals surface area (Å²) in [5, 5.41) is -0.352. The summed E-state index contributed by atoms with van der Waals surface area (Å²) in [4.78, 5) is 0. The number of hydrogen-bond donors (Lipinski definition) is 0. The molecule has 88 valence electrons. The van der Waals surface area contributed by atoms with E-state index in [0.29, 0.717) is 16.5 Å². The van der Waals surface area contributed by atoms with E-state index in [1.165, 1.54) is 0 Å². The first-order chi connectivity index (χ1) is 8.18. The molecule has 0 bridgehead atoms. The van der Waals surface area contributed by atoms with Crippen molar-refractivity contribution in [1.82, 2.24) is 0 Å². The van der Waals surface area contributed by atoms with E-state index in [2.05, 4.69) is 15.9 Å². The lowest BCUT2D eigenvalue weighted by Gasteiger charge is -2.11. The Kier molecular flexibility index (Phi) is 4.19. The zero-order chi connectivity index (χ0) is 12.3. The van der Waals surface area contributed by atoms with Gasteiger partial charge >= 0.3 is 0 Å². The van der Waals surface area contributed by atoms with Crippen LogP contribution in [0.4, 0.5) is 4.39 Å². The molecule has 1 atom stereocenters. The SMILES string of the molecule is Fc1c(Br)cccc1C(Cl)Cc1ccccc1. The molecule has 0 aliphatic rings. The predicted octanol–water partition coefficient (Wildman–Crippen LogP) is 5.11. The molecule has 0 saturated heterocycles. The van der Waals surface area contributed by atoms with E-state index in [9.17, 15) is 4.39 Å². The van der Waals surface area contributed by atoms with Crippen molar-refractivity contribution < 1.29 is 4.39 Å². The molecule has 3 heteroatoms. The molecule has 0 nitrogen and oxygen atoms in total. The van der Waals surface area contributed by atoms with Gasteiger partial charge in [-0.3, -0.25) is 0 Å². The van der Waals surface area contributed by atoms with Gasteiger partial charge < -0.3 is 0 Å². The molecular weight excluding hydrogens is 303 g/mol. The fourth-order valence-corrected chi connectivity index (χ4v) is 2.42. The summed E-state index contributed by atoms with van der Waals surface area (Å²) in [6.07, 6.45) is 0.621. The zero-order valence-electron chi connectivity index (χ0n) is 9.04. The average molecular weight is 314 g/mol. The lowest BCUT2D eigenvalue weighted by molar-refractivity contribution is 0.599. The number of rotatable bonds is 3. The maximum Gasteiger partial charge on any atom is 0.142 e. The summed E-state index contributed by atoms with van der Waals surface area (Å²) in [7, 11) is 0. The molecule has 1 unspecified atom stereocenters. The van der Waals surface area contributed by atoms with Crippen LogP contribution in [0.3, 0.4) is 0 Å². The largest absolute Gasteiger partial charge is 0.205 e. The third kappa shape index (κ3) is 3.08. The van der Waals surface area contributed by atoms with Gasteiger partial charge in [-0.15, -0.1) is 11.6 Å². The molecule has 0 spiro atoms. The van der Waals surface area contributed by atoms with Crippen molar-refractivity contribution in [3.8, 4) is 0 Å². The van der Waals surface area contributed by atoms with Gasteiger partial charge in [0.1, 0.15) is 5.82 Å². The van der Waals surface area contributed by atoms with Crippen molar-refractivity contribution in [1.29, 1.82) is 0 Å². The van der Waals surface area contributed by atoms with E-state index in [0.717, 1.165) is 5.56 Å². The molecular formula is C14H11BrClF. The Morgan fingerprint density at radius 1 is 1.06 bits per heavy atom. The van der Waals surface area contributed by atoms with Crippen LogP contribution in [0.5, 0.6) is 0 Å². The van der Waals surface area contributed by atoms with Crippen molar-refractivity contribution >= 4 is 27.5 Å². The predicted molar refractivity (Wildman–Crippen MR) is 72.8 cm³/mol. The minimum absolute atomic E-state index is 0.275. The first-order valence-corrected chi connectivity index (χ1v) is 6.53. The Morgan fingerprint density at radius 3 is 2.47 bits per heavy atom. The van der Waals surface area contributed by atoms with Gasteiger partial charge in [0.05, 0.1) is 9.85 Å². The summed E-state index contributed by atoms with van der Waals surface area (Å²) in [5.74, 6) is -0.275. The molecule has 0 N–H and O–H groups in total. The molecule has 0 fully saturated rings. The maximum atomic E-state index is 13.8.